The van der Waals surface area contributed by atoms with Crippen LogP contribution in [-0.4, -0.2) is 28.9 Å². The van der Waals surface area contributed by atoms with Crippen molar-refractivity contribution in [3.8, 4) is 17.1 Å². The SMILES string of the molecule is CCCCCCCCCCc1cnc(-c2ccc(OCCC(F)CCCC(F)CCCCC)cc2)nc1. The van der Waals surface area contributed by atoms with Gasteiger partial charge < -0.3 is 4.74 Å². The number of ether oxygens (including phenoxy) is 1. The molecule has 2 unspecified atom stereocenters. The van der Waals surface area contributed by atoms with Crippen LogP contribution in [0.5, 0.6) is 5.75 Å². The summed E-state index contributed by atoms with van der Waals surface area (Å²) >= 11 is 0. The van der Waals surface area contributed by atoms with E-state index in [0.717, 1.165) is 31.2 Å². The highest BCUT2D eigenvalue weighted by Crippen LogP contribution is 2.21. The van der Waals surface area contributed by atoms with Crippen LogP contribution in [0.2, 0.25) is 0 Å². The van der Waals surface area contributed by atoms with Gasteiger partial charge in [0.1, 0.15) is 18.1 Å². The van der Waals surface area contributed by atoms with Crippen LogP contribution in [-0.2, 0) is 6.42 Å². The molecule has 0 amide bonds. The van der Waals surface area contributed by atoms with Crippen molar-refractivity contribution in [2.45, 2.75) is 135 Å². The van der Waals surface area contributed by atoms with Crippen LogP contribution < -0.4 is 4.74 Å². The molecule has 0 N–H and O–H groups in total. The molecule has 1 aromatic carbocycles. The van der Waals surface area contributed by atoms with E-state index in [-0.39, 0.29) is 0 Å². The van der Waals surface area contributed by atoms with Crippen molar-refractivity contribution < 1.29 is 13.5 Å². The number of benzene rings is 1. The first-order valence-electron chi connectivity index (χ1n) is 14.9. The third kappa shape index (κ3) is 14.5. The molecule has 0 radical (unpaired) electrons. The third-order valence-corrected chi connectivity index (χ3v) is 6.99. The summed E-state index contributed by atoms with van der Waals surface area (Å²) in [6, 6.07) is 7.64. The number of aromatic nitrogens is 2. The Morgan fingerprint density at radius 1 is 0.649 bits per heavy atom. The molecule has 2 rings (SSSR count). The molecule has 0 saturated carbocycles. The predicted octanol–water partition coefficient (Wildman–Crippen LogP) is 10.0. The molecule has 0 spiro atoms. The molecular formula is C32H50F2N2O. The standard InChI is InChI=1S/C32H50F2N2O/c1-3-5-7-8-9-10-11-13-15-27-25-35-32(36-26-27)28-19-21-31(22-20-28)37-24-23-30(34)18-14-17-29(33)16-12-6-4-2/h19-22,25-26,29-30H,3-18,23-24H2,1-2H3. The minimum Gasteiger partial charge on any atom is -0.493 e. The van der Waals surface area contributed by atoms with Gasteiger partial charge in [0.05, 0.1) is 6.61 Å². The van der Waals surface area contributed by atoms with Gasteiger partial charge in [0.15, 0.2) is 5.82 Å². The first kappa shape index (κ1) is 31.2. The molecule has 1 heterocycles. The Morgan fingerprint density at radius 3 is 1.84 bits per heavy atom. The second-order valence-electron chi connectivity index (χ2n) is 10.4. The van der Waals surface area contributed by atoms with E-state index in [1.54, 1.807) is 0 Å². The van der Waals surface area contributed by atoms with Gasteiger partial charge in [0.2, 0.25) is 0 Å². The minimum atomic E-state index is -0.945. The number of hydrogen-bond donors (Lipinski definition) is 0. The molecule has 2 atom stereocenters. The van der Waals surface area contributed by atoms with Gasteiger partial charge in [-0.25, -0.2) is 18.7 Å². The van der Waals surface area contributed by atoms with Gasteiger partial charge in [-0.3, -0.25) is 0 Å². The lowest BCUT2D eigenvalue weighted by Gasteiger charge is -2.11. The van der Waals surface area contributed by atoms with Crippen LogP contribution >= 0.6 is 0 Å². The number of rotatable bonds is 22. The highest BCUT2D eigenvalue weighted by molar-refractivity contribution is 5.55. The topological polar surface area (TPSA) is 35.0 Å². The fraction of sp³-hybridized carbons (Fsp3) is 0.688. The summed E-state index contributed by atoms with van der Waals surface area (Å²) in [4.78, 5) is 9.09. The Balaban J connectivity index is 1.60. The summed E-state index contributed by atoms with van der Waals surface area (Å²) < 4.78 is 33.6. The van der Waals surface area contributed by atoms with Crippen molar-refractivity contribution in [1.82, 2.24) is 9.97 Å². The number of hydrogen-bond acceptors (Lipinski definition) is 3. The number of nitrogens with zero attached hydrogens (tertiary/aromatic N) is 2. The second-order valence-corrected chi connectivity index (χ2v) is 10.4. The number of halogens is 2. The maximum atomic E-state index is 14.1. The minimum absolute atomic E-state index is 0.319. The summed E-state index contributed by atoms with van der Waals surface area (Å²) in [5, 5.41) is 0. The normalized spacial score (nSPS) is 13.0. The molecule has 208 valence electrons. The zero-order chi connectivity index (χ0) is 26.6. The van der Waals surface area contributed by atoms with Crippen LogP contribution in [0.25, 0.3) is 11.4 Å². The fourth-order valence-corrected chi connectivity index (χ4v) is 4.57. The molecule has 3 nitrogen and oxygen atoms in total. The summed E-state index contributed by atoms with van der Waals surface area (Å²) in [6.07, 6.45) is 19.2. The molecule has 5 heteroatoms. The Kier molecular flexibility index (Phi) is 16.8. The summed E-state index contributed by atoms with van der Waals surface area (Å²) in [7, 11) is 0. The van der Waals surface area contributed by atoms with Gasteiger partial charge >= 0.3 is 0 Å². The van der Waals surface area contributed by atoms with Crippen molar-refractivity contribution in [1.29, 1.82) is 0 Å². The van der Waals surface area contributed by atoms with Crippen LogP contribution in [0.15, 0.2) is 36.7 Å². The van der Waals surface area contributed by atoms with Crippen LogP contribution in [0.4, 0.5) is 8.78 Å². The Labute approximate surface area is 224 Å². The van der Waals surface area contributed by atoms with Crippen molar-refractivity contribution in [3.05, 3.63) is 42.2 Å². The fourth-order valence-electron chi connectivity index (χ4n) is 4.57. The van der Waals surface area contributed by atoms with Gasteiger partial charge in [0, 0.05) is 24.4 Å². The van der Waals surface area contributed by atoms with E-state index in [9.17, 15) is 8.78 Å². The lowest BCUT2D eigenvalue weighted by atomic mass is 10.0. The second kappa shape index (κ2) is 20.0. The van der Waals surface area contributed by atoms with Crippen LogP contribution in [0.1, 0.15) is 122 Å². The van der Waals surface area contributed by atoms with Gasteiger partial charge in [-0.2, -0.15) is 0 Å². The average Bonchev–Trinajstić information content (AvgIpc) is 2.91. The Bertz CT molecular complexity index is 797. The molecule has 0 aliphatic heterocycles. The van der Waals surface area contributed by atoms with Gasteiger partial charge in [-0.1, -0.05) is 78.1 Å². The van der Waals surface area contributed by atoms with Crippen molar-refractivity contribution in [3.63, 3.8) is 0 Å². The largest absolute Gasteiger partial charge is 0.493 e. The molecule has 2 aromatic rings. The Morgan fingerprint density at radius 2 is 1.19 bits per heavy atom. The van der Waals surface area contributed by atoms with E-state index < -0.39 is 12.3 Å². The smallest absolute Gasteiger partial charge is 0.159 e. The monoisotopic (exact) mass is 516 g/mol. The zero-order valence-electron chi connectivity index (χ0n) is 23.4. The van der Waals surface area contributed by atoms with Crippen LogP contribution in [0, 0.1) is 0 Å². The number of aryl methyl sites for hydroxylation is 1. The average molecular weight is 517 g/mol. The third-order valence-electron chi connectivity index (χ3n) is 6.99. The number of alkyl halides is 2. The highest BCUT2D eigenvalue weighted by atomic mass is 19.1. The summed E-state index contributed by atoms with van der Waals surface area (Å²) in [5.41, 5.74) is 2.13. The van der Waals surface area contributed by atoms with Gasteiger partial charge in [-0.15, -0.1) is 0 Å². The lowest BCUT2D eigenvalue weighted by Crippen LogP contribution is -2.09. The van der Waals surface area contributed by atoms with Crippen LogP contribution in [0.3, 0.4) is 0 Å². The highest BCUT2D eigenvalue weighted by Gasteiger charge is 2.11. The molecule has 0 aliphatic carbocycles. The predicted molar refractivity (Wildman–Crippen MR) is 152 cm³/mol. The molecule has 0 saturated heterocycles. The molecule has 37 heavy (non-hydrogen) atoms. The van der Waals surface area contributed by atoms with Crippen molar-refractivity contribution in [2.75, 3.05) is 6.61 Å². The van der Waals surface area contributed by atoms with Gasteiger partial charge in [0.25, 0.3) is 0 Å². The first-order chi connectivity index (χ1) is 18.1. The summed E-state index contributed by atoms with van der Waals surface area (Å²) in [5.74, 6) is 1.41. The van der Waals surface area contributed by atoms with Crippen molar-refractivity contribution in [2.24, 2.45) is 0 Å². The zero-order valence-corrected chi connectivity index (χ0v) is 23.4. The van der Waals surface area contributed by atoms with E-state index in [1.807, 2.05) is 36.7 Å². The van der Waals surface area contributed by atoms with E-state index in [1.165, 1.54) is 56.9 Å². The van der Waals surface area contributed by atoms with E-state index in [4.69, 9.17) is 4.74 Å². The van der Waals surface area contributed by atoms with Crippen molar-refractivity contribution >= 4 is 0 Å². The number of unbranched alkanes of at least 4 members (excludes halogenated alkanes) is 9. The maximum absolute atomic E-state index is 14.1. The molecule has 0 aliphatic rings. The Hall–Kier alpha value is -2.04. The maximum Gasteiger partial charge on any atom is 0.159 e. The van der Waals surface area contributed by atoms with Gasteiger partial charge in [-0.05, 0) is 68.4 Å². The molecule has 1 aromatic heterocycles. The molecule has 0 fully saturated rings. The first-order valence-corrected chi connectivity index (χ1v) is 14.9. The van der Waals surface area contributed by atoms with E-state index in [0.29, 0.717) is 50.3 Å². The summed E-state index contributed by atoms with van der Waals surface area (Å²) in [6.45, 7) is 4.69. The molecule has 0 bridgehead atoms. The molecular weight excluding hydrogens is 466 g/mol. The lowest BCUT2D eigenvalue weighted by molar-refractivity contribution is 0.212. The quantitative estimate of drug-likeness (QED) is 0.146. The van der Waals surface area contributed by atoms with E-state index >= 15 is 0 Å². The van der Waals surface area contributed by atoms with E-state index in [2.05, 4.69) is 23.8 Å².